The molecule has 34 heavy (non-hydrogen) atoms. The highest BCUT2D eigenvalue weighted by Gasteiger charge is 2.28. The molecule has 180 valence electrons. The monoisotopic (exact) mass is 465 g/mol. The van der Waals surface area contributed by atoms with Crippen LogP contribution in [0.5, 0.6) is 11.6 Å². The molecule has 0 saturated heterocycles. The fourth-order valence-corrected chi connectivity index (χ4v) is 4.00. The van der Waals surface area contributed by atoms with Crippen LogP contribution in [-0.4, -0.2) is 52.2 Å². The Morgan fingerprint density at radius 2 is 1.94 bits per heavy atom. The summed E-state index contributed by atoms with van der Waals surface area (Å²) in [5.74, 6) is 1.46. The summed E-state index contributed by atoms with van der Waals surface area (Å²) in [5.41, 5.74) is 2.75. The topological polar surface area (TPSA) is 59.8 Å². The molecule has 0 aliphatic heterocycles. The molecule has 1 aliphatic carbocycles. The van der Waals surface area contributed by atoms with Gasteiger partial charge in [0.25, 0.3) is 0 Å². The predicted octanol–water partition coefficient (Wildman–Crippen LogP) is 4.79. The minimum Gasteiger partial charge on any atom is -0.439 e. The standard InChI is InChI=1S/C27H32FN3O3/c1-3-15-33-19-23(32)17-31(16-20-9-10-20)18-25-26(21-7-5-4-6-8-21)29-30(2)27(25)34-24-13-11-22(28)12-14-24/h3-8,11-14,20,23,32H,1,9-10,15-19H2,2H3/t23-/m1/s1. The zero-order valence-electron chi connectivity index (χ0n) is 19.6. The third-order valence-electron chi connectivity index (χ3n) is 5.77. The highest BCUT2D eigenvalue weighted by molar-refractivity contribution is 5.65. The van der Waals surface area contributed by atoms with Gasteiger partial charge in [-0.1, -0.05) is 36.4 Å². The molecule has 1 aliphatic rings. The summed E-state index contributed by atoms with van der Waals surface area (Å²) in [6.45, 7) is 6.24. The first-order chi connectivity index (χ1) is 16.5. The number of ether oxygens (including phenoxy) is 2. The van der Waals surface area contributed by atoms with Gasteiger partial charge in [0.2, 0.25) is 5.88 Å². The Morgan fingerprint density at radius 3 is 2.62 bits per heavy atom. The molecule has 1 atom stereocenters. The van der Waals surface area contributed by atoms with Gasteiger partial charge in [0.05, 0.1) is 24.9 Å². The molecule has 1 saturated carbocycles. The van der Waals surface area contributed by atoms with Gasteiger partial charge in [-0.15, -0.1) is 6.58 Å². The Kier molecular flexibility index (Phi) is 8.11. The lowest BCUT2D eigenvalue weighted by molar-refractivity contribution is 0.0235. The van der Waals surface area contributed by atoms with Gasteiger partial charge in [-0.05, 0) is 43.0 Å². The molecule has 2 aromatic carbocycles. The lowest BCUT2D eigenvalue weighted by Crippen LogP contribution is -2.36. The maximum Gasteiger partial charge on any atom is 0.222 e. The van der Waals surface area contributed by atoms with Crippen molar-refractivity contribution < 1.29 is 19.0 Å². The Morgan fingerprint density at radius 1 is 1.21 bits per heavy atom. The molecule has 0 radical (unpaired) electrons. The normalized spacial score (nSPS) is 14.4. The molecule has 7 heteroatoms. The average molecular weight is 466 g/mol. The molecule has 3 aromatic rings. The Labute approximate surface area is 200 Å². The van der Waals surface area contributed by atoms with Crippen molar-refractivity contribution in [3.8, 4) is 22.9 Å². The van der Waals surface area contributed by atoms with Crippen LogP contribution >= 0.6 is 0 Å². The van der Waals surface area contributed by atoms with Crippen molar-refractivity contribution >= 4 is 0 Å². The van der Waals surface area contributed by atoms with Crippen LogP contribution in [0.25, 0.3) is 11.3 Å². The maximum absolute atomic E-state index is 13.4. The van der Waals surface area contributed by atoms with Crippen LogP contribution in [0.1, 0.15) is 18.4 Å². The third-order valence-corrected chi connectivity index (χ3v) is 5.77. The highest BCUT2D eigenvalue weighted by atomic mass is 19.1. The quantitative estimate of drug-likeness (QED) is 0.290. The molecule has 1 aromatic heterocycles. The number of nitrogens with zero attached hydrogens (tertiary/aromatic N) is 3. The molecule has 0 spiro atoms. The van der Waals surface area contributed by atoms with Crippen molar-refractivity contribution in [2.75, 3.05) is 26.3 Å². The molecule has 1 fully saturated rings. The van der Waals surface area contributed by atoms with Gasteiger partial charge >= 0.3 is 0 Å². The van der Waals surface area contributed by atoms with E-state index in [1.165, 1.54) is 25.0 Å². The second kappa shape index (κ2) is 11.4. The first kappa shape index (κ1) is 24.1. The van der Waals surface area contributed by atoms with Crippen LogP contribution in [0.2, 0.25) is 0 Å². The molecule has 1 N–H and O–H groups in total. The number of hydrogen-bond acceptors (Lipinski definition) is 5. The number of aryl methyl sites for hydroxylation is 1. The van der Waals surface area contributed by atoms with Gasteiger partial charge in [0, 0.05) is 32.2 Å². The lowest BCUT2D eigenvalue weighted by Gasteiger charge is -2.25. The number of aliphatic hydroxyl groups is 1. The van der Waals surface area contributed by atoms with Crippen LogP contribution in [-0.2, 0) is 18.3 Å². The van der Waals surface area contributed by atoms with E-state index in [1.807, 2.05) is 37.4 Å². The number of benzene rings is 2. The van der Waals surface area contributed by atoms with Crippen LogP contribution in [0, 0.1) is 11.7 Å². The van der Waals surface area contributed by atoms with E-state index in [9.17, 15) is 9.50 Å². The fourth-order valence-electron chi connectivity index (χ4n) is 4.00. The molecular formula is C27H32FN3O3. The van der Waals surface area contributed by atoms with E-state index in [2.05, 4.69) is 11.5 Å². The zero-order valence-corrected chi connectivity index (χ0v) is 19.6. The van der Waals surface area contributed by atoms with E-state index in [4.69, 9.17) is 14.6 Å². The van der Waals surface area contributed by atoms with Crippen LogP contribution < -0.4 is 4.74 Å². The highest BCUT2D eigenvalue weighted by Crippen LogP contribution is 2.36. The average Bonchev–Trinajstić information content (AvgIpc) is 3.60. The van der Waals surface area contributed by atoms with Crippen molar-refractivity contribution in [1.29, 1.82) is 0 Å². The van der Waals surface area contributed by atoms with E-state index < -0.39 is 6.10 Å². The van der Waals surface area contributed by atoms with Crippen molar-refractivity contribution in [3.63, 3.8) is 0 Å². The number of hydrogen-bond donors (Lipinski definition) is 1. The summed E-state index contributed by atoms with van der Waals surface area (Å²) >= 11 is 0. The SMILES string of the molecule is C=CCOC[C@H](O)CN(Cc1c(-c2ccccc2)nn(C)c1Oc1ccc(F)cc1)CC1CC1. The molecule has 0 unspecified atom stereocenters. The molecule has 6 nitrogen and oxygen atoms in total. The molecule has 1 heterocycles. The number of rotatable bonds is 13. The molecule has 0 bridgehead atoms. The first-order valence-electron chi connectivity index (χ1n) is 11.7. The fraction of sp³-hybridized carbons (Fsp3) is 0.370. The third kappa shape index (κ3) is 6.53. The number of aromatic nitrogens is 2. The molecule has 4 rings (SSSR count). The van der Waals surface area contributed by atoms with Gasteiger partial charge in [0.1, 0.15) is 17.3 Å². The van der Waals surface area contributed by atoms with E-state index in [1.54, 1.807) is 22.9 Å². The number of halogens is 1. The summed E-state index contributed by atoms with van der Waals surface area (Å²) in [6, 6.07) is 16.0. The van der Waals surface area contributed by atoms with E-state index in [0.29, 0.717) is 37.2 Å². The lowest BCUT2D eigenvalue weighted by atomic mass is 10.1. The predicted molar refractivity (Wildman–Crippen MR) is 130 cm³/mol. The van der Waals surface area contributed by atoms with E-state index in [-0.39, 0.29) is 12.4 Å². The van der Waals surface area contributed by atoms with E-state index in [0.717, 1.165) is 23.4 Å². The largest absolute Gasteiger partial charge is 0.439 e. The van der Waals surface area contributed by atoms with E-state index >= 15 is 0 Å². The van der Waals surface area contributed by atoms with Gasteiger partial charge in [0.15, 0.2) is 0 Å². The minimum atomic E-state index is -0.614. The molecular weight excluding hydrogens is 433 g/mol. The second-order valence-electron chi connectivity index (χ2n) is 8.80. The van der Waals surface area contributed by atoms with Gasteiger partial charge < -0.3 is 14.6 Å². The van der Waals surface area contributed by atoms with Crippen molar-refractivity contribution in [2.45, 2.75) is 25.5 Å². The summed E-state index contributed by atoms with van der Waals surface area (Å²) in [6.07, 6.45) is 3.47. The first-order valence-corrected chi connectivity index (χ1v) is 11.7. The number of aliphatic hydroxyl groups excluding tert-OH is 1. The van der Waals surface area contributed by atoms with Gasteiger partial charge in [-0.2, -0.15) is 5.10 Å². The van der Waals surface area contributed by atoms with Crippen molar-refractivity contribution in [3.05, 3.63) is 78.6 Å². The van der Waals surface area contributed by atoms with Crippen LogP contribution in [0.15, 0.2) is 67.3 Å². The van der Waals surface area contributed by atoms with Gasteiger partial charge in [-0.25, -0.2) is 9.07 Å². The maximum atomic E-state index is 13.4. The molecule has 0 amide bonds. The Balaban J connectivity index is 1.63. The summed E-state index contributed by atoms with van der Waals surface area (Å²) in [7, 11) is 1.85. The van der Waals surface area contributed by atoms with Crippen LogP contribution in [0.3, 0.4) is 0 Å². The smallest absolute Gasteiger partial charge is 0.222 e. The summed E-state index contributed by atoms with van der Waals surface area (Å²) < 4.78 is 26.8. The van der Waals surface area contributed by atoms with Gasteiger partial charge in [-0.3, -0.25) is 4.90 Å². The Bertz CT molecular complexity index is 1060. The minimum absolute atomic E-state index is 0.255. The zero-order chi connectivity index (χ0) is 23.9. The Hall–Kier alpha value is -3.00. The van der Waals surface area contributed by atoms with Crippen LogP contribution in [0.4, 0.5) is 4.39 Å². The summed E-state index contributed by atoms with van der Waals surface area (Å²) in [5, 5.41) is 15.4. The van der Waals surface area contributed by atoms with Crippen molar-refractivity contribution in [2.24, 2.45) is 13.0 Å². The summed E-state index contributed by atoms with van der Waals surface area (Å²) in [4.78, 5) is 2.25. The second-order valence-corrected chi connectivity index (χ2v) is 8.80. The van der Waals surface area contributed by atoms with Crippen molar-refractivity contribution in [1.82, 2.24) is 14.7 Å².